The number of esters is 1. The molecule has 3 nitrogen and oxygen atoms in total. The van der Waals surface area contributed by atoms with E-state index in [1.165, 1.54) is 7.11 Å². The van der Waals surface area contributed by atoms with Crippen LogP contribution in [-0.4, -0.2) is 18.1 Å². The Morgan fingerprint density at radius 1 is 0.889 bits per heavy atom. The van der Waals surface area contributed by atoms with Crippen molar-refractivity contribution in [3.63, 3.8) is 0 Å². The highest BCUT2D eigenvalue weighted by atomic mass is 16.5. The number of hydrogen-bond acceptors (Lipinski definition) is 2. The van der Waals surface area contributed by atoms with E-state index in [9.17, 15) is 4.79 Å². The van der Waals surface area contributed by atoms with E-state index in [2.05, 4.69) is 35.0 Å². The Bertz CT molecular complexity index is 1180. The zero-order valence-electron chi connectivity index (χ0n) is 14.8. The first kappa shape index (κ1) is 16.7. The molecule has 0 aliphatic rings. The molecular weight excluding hydrogens is 334 g/mol. The number of carbonyl (C=O) groups is 1. The van der Waals surface area contributed by atoms with Crippen LogP contribution >= 0.6 is 0 Å². The molecule has 0 saturated heterocycles. The van der Waals surface area contributed by atoms with Crippen LogP contribution in [-0.2, 0) is 4.74 Å². The average molecular weight is 351 g/mol. The fourth-order valence-electron chi connectivity index (χ4n) is 3.07. The Morgan fingerprint density at radius 2 is 1.63 bits per heavy atom. The number of nitrogens with one attached hydrogen (secondary N) is 1. The molecule has 0 radical (unpaired) electrons. The van der Waals surface area contributed by atoms with Gasteiger partial charge in [-0.25, -0.2) is 4.79 Å². The normalized spacial score (nSPS) is 10.3. The summed E-state index contributed by atoms with van der Waals surface area (Å²) in [6, 6.07) is 23.7. The fourth-order valence-corrected chi connectivity index (χ4v) is 3.07. The van der Waals surface area contributed by atoms with Gasteiger partial charge >= 0.3 is 5.97 Å². The number of fused-ring (bicyclic) bond motifs is 1. The van der Waals surface area contributed by atoms with Crippen LogP contribution in [0.25, 0.3) is 22.0 Å². The van der Waals surface area contributed by atoms with Gasteiger partial charge in [0.15, 0.2) is 0 Å². The van der Waals surface area contributed by atoms with Crippen molar-refractivity contribution >= 4 is 16.9 Å². The van der Waals surface area contributed by atoms with Crippen molar-refractivity contribution in [3.8, 4) is 23.0 Å². The minimum Gasteiger partial charge on any atom is -0.465 e. The van der Waals surface area contributed by atoms with Crippen LogP contribution in [0.4, 0.5) is 0 Å². The minimum absolute atomic E-state index is 0.355. The number of rotatable bonds is 2. The third-order valence-electron chi connectivity index (χ3n) is 4.45. The summed E-state index contributed by atoms with van der Waals surface area (Å²) < 4.78 is 4.81. The summed E-state index contributed by atoms with van der Waals surface area (Å²) in [5.74, 6) is 6.17. The molecule has 0 saturated carbocycles. The molecule has 27 heavy (non-hydrogen) atoms. The van der Waals surface area contributed by atoms with Gasteiger partial charge in [0, 0.05) is 22.7 Å². The summed E-state index contributed by atoms with van der Waals surface area (Å²) in [6.45, 7) is 0. The van der Waals surface area contributed by atoms with Gasteiger partial charge in [-0.2, -0.15) is 0 Å². The maximum atomic E-state index is 11.8. The molecule has 0 amide bonds. The first-order valence-corrected chi connectivity index (χ1v) is 8.62. The molecule has 1 heterocycles. The molecule has 130 valence electrons. The molecule has 0 aliphatic heterocycles. The van der Waals surface area contributed by atoms with Crippen molar-refractivity contribution in [2.24, 2.45) is 0 Å². The molecule has 1 N–H and O–H groups in total. The summed E-state index contributed by atoms with van der Waals surface area (Å²) in [4.78, 5) is 15.0. The van der Waals surface area contributed by atoms with Crippen LogP contribution in [0.15, 0.2) is 79.0 Å². The van der Waals surface area contributed by atoms with Crippen molar-refractivity contribution in [2.75, 3.05) is 7.11 Å². The molecule has 0 spiro atoms. The lowest BCUT2D eigenvalue weighted by Crippen LogP contribution is -2.00. The van der Waals surface area contributed by atoms with Crippen molar-refractivity contribution in [1.29, 1.82) is 0 Å². The topological polar surface area (TPSA) is 42.1 Å². The van der Waals surface area contributed by atoms with E-state index in [1.807, 2.05) is 54.7 Å². The van der Waals surface area contributed by atoms with Crippen molar-refractivity contribution in [1.82, 2.24) is 4.98 Å². The quantitative estimate of drug-likeness (QED) is 0.407. The van der Waals surface area contributed by atoms with Gasteiger partial charge in [-0.3, -0.25) is 0 Å². The maximum Gasteiger partial charge on any atom is 0.337 e. The van der Waals surface area contributed by atoms with Gasteiger partial charge in [0.1, 0.15) is 0 Å². The van der Waals surface area contributed by atoms with Gasteiger partial charge in [0.05, 0.1) is 18.2 Å². The van der Waals surface area contributed by atoms with Crippen LogP contribution in [0.5, 0.6) is 0 Å². The highest BCUT2D eigenvalue weighted by Crippen LogP contribution is 2.23. The van der Waals surface area contributed by atoms with Crippen LogP contribution in [0, 0.1) is 11.8 Å². The third-order valence-corrected chi connectivity index (χ3v) is 4.45. The van der Waals surface area contributed by atoms with Gasteiger partial charge in [-0.15, -0.1) is 0 Å². The summed E-state index contributed by atoms with van der Waals surface area (Å²) in [6.07, 6.45) is 1.86. The number of ether oxygens (including phenoxy) is 1. The number of carbonyl (C=O) groups excluding carboxylic acids is 1. The molecule has 0 fully saturated rings. The predicted molar refractivity (Wildman–Crippen MR) is 107 cm³/mol. The standard InChI is InChI=1S/C24H17NO2/c1-27-24(26)19-13-14-23-22(15-19)20(16-25-23)12-11-18-9-5-6-10-21(18)17-7-3-2-4-8-17/h2-10,13-16,25H,1H3. The molecule has 0 aliphatic carbocycles. The van der Waals surface area contributed by atoms with E-state index in [-0.39, 0.29) is 5.97 Å². The molecule has 0 unspecified atom stereocenters. The molecule has 1 aromatic heterocycles. The Morgan fingerprint density at radius 3 is 2.44 bits per heavy atom. The molecule has 4 aromatic rings. The second-order valence-corrected chi connectivity index (χ2v) is 6.12. The number of methoxy groups -OCH3 is 1. The van der Waals surface area contributed by atoms with Gasteiger partial charge in [0.2, 0.25) is 0 Å². The highest BCUT2D eigenvalue weighted by molar-refractivity contribution is 5.96. The fraction of sp³-hybridized carbons (Fsp3) is 0.0417. The van der Waals surface area contributed by atoms with Crippen LogP contribution in [0.2, 0.25) is 0 Å². The summed E-state index contributed by atoms with van der Waals surface area (Å²) in [7, 11) is 1.38. The van der Waals surface area contributed by atoms with Crippen LogP contribution < -0.4 is 0 Å². The van der Waals surface area contributed by atoms with Gasteiger partial charge < -0.3 is 9.72 Å². The first-order chi connectivity index (χ1) is 13.3. The maximum absolute atomic E-state index is 11.8. The zero-order chi connectivity index (χ0) is 18.6. The number of aromatic amines is 1. The smallest absolute Gasteiger partial charge is 0.337 e. The Hall–Kier alpha value is -3.77. The Kier molecular flexibility index (Phi) is 4.47. The Labute approximate surface area is 157 Å². The van der Waals surface area contributed by atoms with Gasteiger partial charge in [-0.1, -0.05) is 60.4 Å². The molecule has 0 bridgehead atoms. The SMILES string of the molecule is COC(=O)c1ccc2[nH]cc(C#Cc3ccccc3-c3ccccc3)c2c1. The summed E-state index contributed by atoms with van der Waals surface area (Å²) in [5, 5.41) is 0.905. The second-order valence-electron chi connectivity index (χ2n) is 6.12. The third kappa shape index (κ3) is 3.33. The molecule has 3 heteroatoms. The molecule has 0 atom stereocenters. The van der Waals surface area contributed by atoms with E-state index >= 15 is 0 Å². The van der Waals surface area contributed by atoms with Crippen LogP contribution in [0.3, 0.4) is 0 Å². The predicted octanol–water partition coefficient (Wildman–Crippen LogP) is 5.02. The average Bonchev–Trinajstić information content (AvgIpc) is 3.14. The zero-order valence-corrected chi connectivity index (χ0v) is 14.8. The minimum atomic E-state index is -0.355. The lowest BCUT2D eigenvalue weighted by atomic mass is 10.00. The first-order valence-electron chi connectivity index (χ1n) is 8.62. The van der Waals surface area contributed by atoms with E-state index in [0.29, 0.717) is 5.56 Å². The van der Waals surface area contributed by atoms with Crippen LogP contribution in [0.1, 0.15) is 21.5 Å². The highest BCUT2D eigenvalue weighted by Gasteiger charge is 2.09. The number of H-pyrrole nitrogens is 1. The lowest BCUT2D eigenvalue weighted by Gasteiger charge is -2.04. The second kappa shape index (κ2) is 7.23. The largest absolute Gasteiger partial charge is 0.465 e. The van der Waals surface area contributed by atoms with E-state index in [0.717, 1.165) is 33.2 Å². The van der Waals surface area contributed by atoms with Gasteiger partial charge in [-0.05, 0) is 35.4 Å². The number of benzene rings is 3. The molecule has 4 rings (SSSR count). The van der Waals surface area contributed by atoms with Crippen molar-refractivity contribution < 1.29 is 9.53 Å². The number of aromatic nitrogens is 1. The number of hydrogen-bond donors (Lipinski definition) is 1. The summed E-state index contributed by atoms with van der Waals surface area (Å²) in [5.41, 5.74) is 5.48. The van der Waals surface area contributed by atoms with Gasteiger partial charge in [0.25, 0.3) is 0 Å². The van der Waals surface area contributed by atoms with E-state index < -0.39 is 0 Å². The molecule has 3 aromatic carbocycles. The van der Waals surface area contributed by atoms with Crippen molar-refractivity contribution in [3.05, 3.63) is 95.7 Å². The lowest BCUT2D eigenvalue weighted by molar-refractivity contribution is 0.0601. The Balaban J connectivity index is 1.77. The molecular formula is C24H17NO2. The van der Waals surface area contributed by atoms with E-state index in [4.69, 9.17) is 4.74 Å². The van der Waals surface area contributed by atoms with Crippen molar-refractivity contribution in [2.45, 2.75) is 0 Å². The summed E-state index contributed by atoms with van der Waals surface area (Å²) >= 11 is 0. The monoisotopic (exact) mass is 351 g/mol. The van der Waals surface area contributed by atoms with E-state index in [1.54, 1.807) is 6.07 Å².